The van der Waals surface area contributed by atoms with Crippen LogP contribution >= 0.6 is 22.6 Å². The molecule has 0 unspecified atom stereocenters. The molecule has 0 spiro atoms. The summed E-state index contributed by atoms with van der Waals surface area (Å²) in [4.78, 5) is 11.4. The van der Waals surface area contributed by atoms with E-state index in [1.807, 2.05) is 36.4 Å². The van der Waals surface area contributed by atoms with Gasteiger partial charge in [-0.05, 0) is 52.4 Å². The Hall–Kier alpha value is -1.34. The first-order valence-electron chi connectivity index (χ1n) is 5.95. The first-order valence-corrected chi connectivity index (χ1v) is 7.03. The van der Waals surface area contributed by atoms with Crippen LogP contribution in [0.1, 0.15) is 21.7 Å². The largest absolute Gasteiger partial charge is 0.454 e. The molecule has 0 aliphatic rings. The third kappa shape index (κ3) is 4.07. The molecule has 0 saturated carbocycles. The molecule has 0 bridgehead atoms. The number of hydrogen-bond acceptors (Lipinski definition) is 3. The summed E-state index contributed by atoms with van der Waals surface area (Å²) in [6, 6.07) is 11.4. The molecule has 0 aliphatic heterocycles. The van der Waals surface area contributed by atoms with Crippen molar-refractivity contribution >= 4 is 28.5 Å². The minimum atomic E-state index is -0.0651. The molecule has 1 aromatic carbocycles. The molecule has 0 atom stereocenters. The van der Waals surface area contributed by atoms with Crippen molar-refractivity contribution in [3.63, 3.8) is 0 Å². The van der Waals surface area contributed by atoms with Crippen molar-refractivity contribution in [2.75, 3.05) is 7.05 Å². The van der Waals surface area contributed by atoms with Crippen molar-refractivity contribution < 1.29 is 9.21 Å². The van der Waals surface area contributed by atoms with E-state index in [0.29, 0.717) is 12.1 Å². The van der Waals surface area contributed by atoms with Crippen molar-refractivity contribution in [2.45, 2.75) is 13.1 Å². The highest BCUT2D eigenvalue weighted by atomic mass is 127. The molecular formula is C14H15IN2O2. The molecule has 2 rings (SSSR count). The average Bonchev–Trinajstić information content (AvgIpc) is 2.84. The maximum absolute atomic E-state index is 11.4. The summed E-state index contributed by atoms with van der Waals surface area (Å²) in [7, 11) is 1.63. The summed E-state index contributed by atoms with van der Waals surface area (Å²) < 4.78 is 6.35. The highest BCUT2D eigenvalue weighted by Crippen LogP contribution is 2.10. The Balaban J connectivity index is 1.84. The van der Waals surface area contributed by atoms with Gasteiger partial charge in [-0.2, -0.15) is 0 Å². The van der Waals surface area contributed by atoms with Crippen molar-refractivity contribution in [3.05, 3.63) is 57.1 Å². The van der Waals surface area contributed by atoms with Crippen LogP contribution in [-0.4, -0.2) is 13.0 Å². The van der Waals surface area contributed by atoms with Gasteiger partial charge in [0.15, 0.2) is 3.77 Å². The van der Waals surface area contributed by atoms with E-state index in [1.165, 1.54) is 0 Å². The number of rotatable bonds is 5. The minimum absolute atomic E-state index is 0.0651. The van der Waals surface area contributed by atoms with E-state index < -0.39 is 0 Å². The molecule has 0 radical (unpaired) electrons. The van der Waals surface area contributed by atoms with Gasteiger partial charge in [0.05, 0.1) is 6.54 Å². The second-order valence-electron chi connectivity index (χ2n) is 4.09. The lowest BCUT2D eigenvalue weighted by molar-refractivity contribution is 0.0963. The number of hydrogen-bond donors (Lipinski definition) is 2. The van der Waals surface area contributed by atoms with Gasteiger partial charge in [0, 0.05) is 19.2 Å². The van der Waals surface area contributed by atoms with E-state index in [4.69, 9.17) is 4.42 Å². The number of benzene rings is 1. The molecule has 1 heterocycles. The average molecular weight is 370 g/mol. The molecular weight excluding hydrogens is 355 g/mol. The molecule has 1 aromatic heterocycles. The number of halogens is 1. The van der Waals surface area contributed by atoms with Gasteiger partial charge < -0.3 is 15.1 Å². The zero-order valence-electron chi connectivity index (χ0n) is 10.6. The molecule has 2 N–H and O–H groups in total. The summed E-state index contributed by atoms with van der Waals surface area (Å²) in [5, 5.41) is 5.90. The normalized spacial score (nSPS) is 10.4. The van der Waals surface area contributed by atoms with Crippen molar-refractivity contribution in [1.29, 1.82) is 0 Å². The molecule has 5 heteroatoms. The van der Waals surface area contributed by atoms with Crippen LogP contribution in [-0.2, 0) is 13.1 Å². The Morgan fingerprint density at radius 3 is 2.47 bits per heavy atom. The van der Waals surface area contributed by atoms with Crippen molar-refractivity contribution in [2.24, 2.45) is 0 Å². The zero-order valence-corrected chi connectivity index (χ0v) is 12.7. The van der Waals surface area contributed by atoms with Gasteiger partial charge in [0.25, 0.3) is 5.91 Å². The summed E-state index contributed by atoms with van der Waals surface area (Å²) in [6.45, 7) is 1.44. The molecule has 4 nitrogen and oxygen atoms in total. The Morgan fingerprint density at radius 1 is 1.16 bits per heavy atom. The fraction of sp³-hybridized carbons (Fsp3) is 0.214. The molecule has 2 aromatic rings. The molecule has 1 amide bonds. The number of nitrogens with one attached hydrogen (secondary N) is 2. The predicted octanol–water partition coefficient (Wildman–Crippen LogP) is 2.53. The van der Waals surface area contributed by atoms with Crippen LogP contribution in [0.2, 0.25) is 0 Å². The van der Waals surface area contributed by atoms with E-state index >= 15 is 0 Å². The van der Waals surface area contributed by atoms with Gasteiger partial charge >= 0.3 is 0 Å². The van der Waals surface area contributed by atoms with Crippen LogP contribution in [0.4, 0.5) is 0 Å². The third-order valence-corrected chi connectivity index (χ3v) is 3.28. The SMILES string of the molecule is CNC(=O)c1ccc(CNCc2ccc(I)o2)cc1. The Labute approximate surface area is 125 Å². The van der Waals surface area contributed by atoms with E-state index in [2.05, 4.69) is 33.2 Å². The van der Waals surface area contributed by atoms with Crippen LogP contribution in [0.3, 0.4) is 0 Å². The second-order valence-corrected chi connectivity index (χ2v) is 5.15. The predicted molar refractivity (Wildman–Crippen MR) is 81.8 cm³/mol. The van der Waals surface area contributed by atoms with Crippen LogP contribution < -0.4 is 10.6 Å². The zero-order chi connectivity index (χ0) is 13.7. The van der Waals surface area contributed by atoms with Gasteiger partial charge in [-0.15, -0.1) is 0 Å². The molecule has 19 heavy (non-hydrogen) atoms. The lowest BCUT2D eigenvalue weighted by atomic mass is 10.1. The Morgan fingerprint density at radius 2 is 1.89 bits per heavy atom. The van der Waals surface area contributed by atoms with Gasteiger partial charge in [-0.25, -0.2) is 0 Å². The van der Waals surface area contributed by atoms with Gasteiger partial charge in [-0.3, -0.25) is 4.79 Å². The van der Waals surface area contributed by atoms with Crippen molar-refractivity contribution in [1.82, 2.24) is 10.6 Å². The Kier molecular flexibility index (Phi) is 4.98. The van der Waals surface area contributed by atoms with E-state index in [-0.39, 0.29) is 5.91 Å². The lowest BCUT2D eigenvalue weighted by Crippen LogP contribution is -2.18. The third-order valence-electron chi connectivity index (χ3n) is 2.70. The van der Waals surface area contributed by atoms with E-state index in [0.717, 1.165) is 21.6 Å². The highest BCUT2D eigenvalue weighted by Gasteiger charge is 2.02. The topological polar surface area (TPSA) is 54.3 Å². The van der Waals surface area contributed by atoms with Crippen molar-refractivity contribution in [3.8, 4) is 0 Å². The van der Waals surface area contributed by atoms with Gasteiger partial charge in [0.1, 0.15) is 5.76 Å². The Bertz CT molecular complexity index is 549. The summed E-state index contributed by atoms with van der Waals surface area (Å²) in [5.74, 6) is 0.857. The second kappa shape index (κ2) is 6.72. The minimum Gasteiger partial charge on any atom is -0.454 e. The number of furan rings is 1. The van der Waals surface area contributed by atoms with Gasteiger partial charge in [-0.1, -0.05) is 12.1 Å². The number of amides is 1. The first-order chi connectivity index (χ1) is 9.19. The molecule has 0 saturated heterocycles. The number of carbonyl (C=O) groups is 1. The highest BCUT2D eigenvalue weighted by molar-refractivity contribution is 14.1. The smallest absolute Gasteiger partial charge is 0.251 e. The van der Waals surface area contributed by atoms with Crippen LogP contribution in [0.25, 0.3) is 0 Å². The summed E-state index contributed by atoms with van der Waals surface area (Å²) >= 11 is 2.14. The fourth-order valence-corrected chi connectivity index (χ4v) is 2.16. The quantitative estimate of drug-likeness (QED) is 0.796. The molecule has 0 aliphatic carbocycles. The van der Waals surface area contributed by atoms with Crippen LogP contribution in [0.15, 0.2) is 40.8 Å². The molecule has 0 fully saturated rings. The number of carbonyl (C=O) groups excluding carboxylic acids is 1. The van der Waals surface area contributed by atoms with Crippen LogP contribution in [0.5, 0.6) is 0 Å². The standard InChI is InChI=1S/C14H15IN2O2/c1-16-14(18)11-4-2-10(3-5-11)8-17-9-12-6-7-13(15)19-12/h2-7,17H,8-9H2,1H3,(H,16,18). The lowest BCUT2D eigenvalue weighted by Gasteiger charge is -2.04. The fourth-order valence-electron chi connectivity index (χ4n) is 1.70. The maximum Gasteiger partial charge on any atom is 0.251 e. The van der Waals surface area contributed by atoms with Gasteiger partial charge in [0.2, 0.25) is 0 Å². The summed E-state index contributed by atoms with van der Waals surface area (Å²) in [6.07, 6.45) is 0. The first kappa shape index (κ1) is 14.1. The van der Waals surface area contributed by atoms with E-state index in [9.17, 15) is 4.79 Å². The maximum atomic E-state index is 11.4. The summed E-state index contributed by atoms with van der Waals surface area (Å²) in [5.41, 5.74) is 1.81. The van der Waals surface area contributed by atoms with E-state index in [1.54, 1.807) is 7.05 Å². The molecule has 100 valence electrons. The van der Waals surface area contributed by atoms with Crippen LogP contribution in [0, 0.1) is 3.77 Å². The monoisotopic (exact) mass is 370 g/mol.